The van der Waals surface area contributed by atoms with E-state index in [9.17, 15) is 0 Å². The molecule has 2 aromatic rings. The minimum absolute atomic E-state index is 0.391. The van der Waals surface area contributed by atoms with E-state index in [0.717, 1.165) is 30.3 Å². The van der Waals surface area contributed by atoms with Gasteiger partial charge in [0.05, 0.1) is 20.8 Å². The highest BCUT2D eigenvalue weighted by molar-refractivity contribution is 5.42. The van der Waals surface area contributed by atoms with E-state index in [4.69, 9.17) is 14.2 Å². The second kappa shape index (κ2) is 6.51. The summed E-state index contributed by atoms with van der Waals surface area (Å²) in [7, 11) is 3.25. The Morgan fingerprint density at radius 2 is 2.14 bits per heavy atom. The first-order chi connectivity index (χ1) is 10.8. The fraction of sp³-hybridized carbons (Fsp3) is 0.375. The zero-order chi connectivity index (χ0) is 15.4. The van der Waals surface area contributed by atoms with Crippen LogP contribution in [0.5, 0.6) is 17.4 Å². The lowest BCUT2D eigenvalue weighted by Gasteiger charge is -2.26. The Bertz CT molecular complexity index is 648. The van der Waals surface area contributed by atoms with E-state index in [1.54, 1.807) is 20.3 Å². The van der Waals surface area contributed by atoms with Gasteiger partial charge in [-0.3, -0.25) is 0 Å². The number of methoxy groups -OCH3 is 2. The Labute approximate surface area is 129 Å². The number of nitrogens with zero attached hydrogens (tertiary/aromatic N) is 2. The summed E-state index contributed by atoms with van der Waals surface area (Å²) < 4.78 is 16.1. The Morgan fingerprint density at radius 3 is 2.95 bits per heavy atom. The highest BCUT2D eigenvalue weighted by Crippen LogP contribution is 2.31. The minimum atomic E-state index is 0.391. The molecule has 0 bridgehead atoms. The molecule has 3 rings (SSSR count). The Balaban J connectivity index is 1.60. The van der Waals surface area contributed by atoms with Crippen LogP contribution in [0.2, 0.25) is 0 Å². The van der Waals surface area contributed by atoms with Gasteiger partial charge in [-0.05, 0) is 18.1 Å². The second-order valence-corrected chi connectivity index (χ2v) is 5.18. The molecule has 1 N–H and O–H groups in total. The summed E-state index contributed by atoms with van der Waals surface area (Å²) in [5.41, 5.74) is 1.21. The largest absolute Gasteiger partial charge is 0.497 e. The van der Waals surface area contributed by atoms with Crippen molar-refractivity contribution in [2.24, 2.45) is 5.92 Å². The van der Waals surface area contributed by atoms with Crippen molar-refractivity contribution in [2.75, 3.05) is 32.7 Å². The van der Waals surface area contributed by atoms with E-state index < -0.39 is 0 Å². The van der Waals surface area contributed by atoms with Gasteiger partial charge in [0, 0.05) is 24.6 Å². The molecule has 0 saturated carbocycles. The quantitative estimate of drug-likeness (QED) is 0.913. The molecule has 1 aliphatic heterocycles. The number of anilines is 1. The van der Waals surface area contributed by atoms with Crippen LogP contribution in [0, 0.1) is 5.92 Å². The van der Waals surface area contributed by atoms with Crippen molar-refractivity contribution in [3.05, 3.63) is 36.2 Å². The predicted molar refractivity (Wildman–Crippen MR) is 82.8 cm³/mol. The van der Waals surface area contributed by atoms with Gasteiger partial charge in [0.2, 0.25) is 5.88 Å². The number of fused-ring (bicyclic) bond motifs is 1. The summed E-state index contributed by atoms with van der Waals surface area (Å²) in [4.78, 5) is 8.17. The van der Waals surface area contributed by atoms with Gasteiger partial charge < -0.3 is 19.5 Å². The molecule has 2 heterocycles. The molecule has 0 saturated heterocycles. The maximum atomic E-state index is 5.83. The third kappa shape index (κ3) is 3.21. The molecule has 0 fully saturated rings. The normalized spacial score (nSPS) is 16.4. The monoisotopic (exact) mass is 301 g/mol. The number of hydrogen-bond acceptors (Lipinski definition) is 6. The van der Waals surface area contributed by atoms with Gasteiger partial charge in [0.25, 0.3) is 0 Å². The second-order valence-electron chi connectivity index (χ2n) is 5.18. The van der Waals surface area contributed by atoms with E-state index in [0.29, 0.717) is 18.4 Å². The summed E-state index contributed by atoms with van der Waals surface area (Å²) in [6, 6.07) is 7.75. The zero-order valence-electron chi connectivity index (χ0n) is 12.7. The van der Waals surface area contributed by atoms with E-state index in [-0.39, 0.29) is 0 Å². The third-order valence-electron chi connectivity index (χ3n) is 3.68. The lowest BCUT2D eigenvalue weighted by atomic mass is 9.96. The van der Waals surface area contributed by atoms with Gasteiger partial charge in [0.15, 0.2) is 0 Å². The van der Waals surface area contributed by atoms with Gasteiger partial charge >= 0.3 is 0 Å². The molecule has 0 unspecified atom stereocenters. The lowest BCUT2D eigenvalue weighted by molar-refractivity contribution is 0.228. The standard InChI is InChI=1S/C16H19N3O3/c1-20-13-4-3-12-5-11(9-22-14(12)6-13)8-17-15-7-16(21-2)19-10-18-15/h3-4,6-7,10-11H,5,8-9H2,1-2H3,(H,17,18,19)/t11-/m0/s1. The van der Waals surface area contributed by atoms with Crippen molar-refractivity contribution in [2.45, 2.75) is 6.42 Å². The van der Waals surface area contributed by atoms with Gasteiger partial charge in [0.1, 0.15) is 23.6 Å². The number of rotatable bonds is 5. The molecule has 0 amide bonds. The fourth-order valence-electron chi connectivity index (χ4n) is 2.47. The van der Waals surface area contributed by atoms with E-state index in [1.807, 2.05) is 12.1 Å². The van der Waals surface area contributed by atoms with Crippen molar-refractivity contribution in [3.8, 4) is 17.4 Å². The molecule has 1 atom stereocenters. The van der Waals surface area contributed by atoms with Crippen molar-refractivity contribution in [1.29, 1.82) is 0 Å². The highest BCUT2D eigenvalue weighted by Gasteiger charge is 2.20. The van der Waals surface area contributed by atoms with Crippen LogP contribution in [0.15, 0.2) is 30.6 Å². The van der Waals surface area contributed by atoms with Gasteiger partial charge in [-0.25, -0.2) is 9.97 Å². The third-order valence-corrected chi connectivity index (χ3v) is 3.68. The molecule has 0 radical (unpaired) electrons. The Kier molecular flexibility index (Phi) is 4.27. The summed E-state index contributed by atoms with van der Waals surface area (Å²) in [6.45, 7) is 1.46. The topological polar surface area (TPSA) is 65.5 Å². The molecule has 116 valence electrons. The van der Waals surface area contributed by atoms with Crippen LogP contribution >= 0.6 is 0 Å². The molecule has 22 heavy (non-hydrogen) atoms. The summed E-state index contributed by atoms with van der Waals surface area (Å²) in [5.74, 6) is 3.44. The first kappa shape index (κ1) is 14.4. The molecule has 0 aliphatic carbocycles. The average molecular weight is 301 g/mol. The van der Waals surface area contributed by atoms with Crippen LogP contribution in [-0.4, -0.2) is 37.3 Å². The van der Waals surface area contributed by atoms with Crippen LogP contribution in [0.25, 0.3) is 0 Å². The van der Waals surface area contributed by atoms with E-state index in [2.05, 4.69) is 21.4 Å². The van der Waals surface area contributed by atoms with E-state index in [1.165, 1.54) is 11.9 Å². The molecular formula is C16H19N3O3. The predicted octanol–water partition coefficient (Wildman–Crippen LogP) is 2.16. The number of ether oxygens (including phenoxy) is 3. The SMILES string of the molecule is COc1ccc2c(c1)OC[C@H](CNc1cc(OC)ncn1)C2. The molecule has 1 aromatic heterocycles. The number of nitrogens with one attached hydrogen (secondary N) is 1. The summed E-state index contributed by atoms with van der Waals surface area (Å²) >= 11 is 0. The molecule has 1 aliphatic rings. The van der Waals surface area contributed by atoms with Crippen molar-refractivity contribution in [3.63, 3.8) is 0 Å². The van der Waals surface area contributed by atoms with Gasteiger partial charge in [-0.15, -0.1) is 0 Å². The maximum Gasteiger partial charge on any atom is 0.218 e. The lowest BCUT2D eigenvalue weighted by Crippen LogP contribution is -2.27. The van der Waals surface area contributed by atoms with Crippen LogP contribution < -0.4 is 19.5 Å². The van der Waals surface area contributed by atoms with Crippen LogP contribution in [0.4, 0.5) is 5.82 Å². The van der Waals surface area contributed by atoms with Gasteiger partial charge in [-0.2, -0.15) is 0 Å². The van der Waals surface area contributed by atoms with Crippen molar-refractivity contribution >= 4 is 5.82 Å². The Morgan fingerprint density at radius 1 is 1.23 bits per heavy atom. The van der Waals surface area contributed by atoms with Crippen LogP contribution in [-0.2, 0) is 6.42 Å². The first-order valence-electron chi connectivity index (χ1n) is 7.18. The average Bonchev–Trinajstić information content (AvgIpc) is 2.59. The van der Waals surface area contributed by atoms with Crippen LogP contribution in [0.1, 0.15) is 5.56 Å². The van der Waals surface area contributed by atoms with Crippen molar-refractivity contribution < 1.29 is 14.2 Å². The summed E-state index contributed by atoms with van der Waals surface area (Å²) in [5, 5.41) is 3.31. The minimum Gasteiger partial charge on any atom is -0.497 e. The molecule has 6 heteroatoms. The summed E-state index contributed by atoms with van der Waals surface area (Å²) in [6.07, 6.45) is 2.45. The Hall–Kier alpha value is -2.50. The van der Waals surface area contributed by atoms with Crippen LogP contribution in [0.3, 0.4) is 0 Å². The van der Waals surface area contributed by atoms with Crippen molar-refractivity contribution in [1.82, 2.24) is 9.97 Å². The number of benzene rings is 1. The molecule has 0 spiro atoms. The fourth-order valence-corrected chi connectivity index (χ4v) is 2.47. The molecular weight excluding hydrogens is 282 g/mol. The molecule has 6 nitrogen and oxygen atoms in total. The van der Waals surface area contributed by atoms with E-state index >= 15 is 0 Å². The number of hydrogen-bond donors (Lipinski definition) is 1. The van der Waals surface area contributed by atoms with Gasteiger partial charge in [-0.1, -0.05) is 6.07 Å². The number of aromatic nitrogens is 2. The first-order valence-corrected chi connectivity index (χ1v) is 7.18. The maximum absolute atomic E-state index is 5.83. The highest BCUT2D eigenvalue weighted by atomic mass is 16.5. The zero-order valence-corrected chi connectivity index (χ0v) is 12.7. The smallest absolute Gasteiger partial charge is 0.218 e. The molecule has 1 aromatic carbocycles.